The van der Waals surface area contributed by atoms with Gasteiger partial charge in [-0.2, -0.15) is 0 Å². The van der Waals surface area contributed by atoms with Gasteiger partial charge in [0.1, 0.15) is 26.0 Å². The summed E-state index contributed by atoms with van der Waals surface area (Å²) in [5.41, 5.74) is 1.12. The molecule has 3 aromatic rings. The summed E-state index contributed by atoms with van der Waals surface area (Å²) < 4.78 is 35.9. The van der Waals surface area contributed by atoms with E-state index in [1.54, 1.807) is 6.92 Å². The summed E-state index contributed by atoms with van der Waals surface area (Å²) in [5.74, 6) is -0.463. The summed E-state index contributed by atoms with van der Waals surface area (Å²) >= 11 is 0. The number of ether oxygens (including phenoxy) is 5. The highest BCUT2D eigenvalue weighted by Gasteiger charge is 2.51. The van der Waals surface area contributed by atoms with Gasteiger partial charge in [0, 0.05) is 12.8 Å². The largest absolute Gasteiger partial charge is 0.463 e. The number of carbonyl (C=O) groups excluding carboxylic acids is 2. The van der Waals surface area contributed by atoms with Gasteiger partial charge in [-0.05, 0) is 41.7 Å². The Kier molecular flexibility index (Phi) is 16.0. The molecule has 0 bridgehead atoms. The molecule has 0 aliphatic heterocycles. The van der Waals surface area contributed by atoms with Crippen molar-refractivity contribution in [3.05, 3.63) is 96.6 Å². The maximum atomic E-state index is 11.8. The highest BCUT2D eigenvalue weighted by Crippen LogP contribution is 2.37. The zero-order valence-electron chi connectivity index (χ0n) is 28.8. The Labute approximate surface area is 281 Å². The van der Waals surface area contributed by atoms with Crippen LogP contribution >= 0.6 is 0 Å². The van der Waals surface area contributed by atoms with Crippen LogP contribution in [0, 0.1) is 0 Å². The van der Waals surface area contributed by atoms with Crippen molar-refractivity contribution in [3.63, 3.8) is 0 Å². The number of rotatable bonds is 21. The van der Waals surface area contributed by atoms with Crippen molar-refractivity contribution < 1.29 is 37.7 Å². The first kappa shape index (κ1) is 38.3. The van der Waals surface area contributed by atoms with E-state index in [9.17, 15) is 9.59 Å². The fourth-order valence-electron chi connectivity index (χ4n) is 5.38. The molecular weight excluding hydrogens is 612 g/mol. The first-order valence-electron chi connectivity index (χ1n) is 16.4. The van der Waals surface area contributed by atoms with Crippen molar-refractivity contribution in [2.75, 3.05) is 33.4 Å². The molecule has 0 aliphatic carbocycles. The van der Waals surface area contributed by atoms with Crippen LogP contribution in [0.5, 0.6) is 0 Å². The number of hydrogen-bond acceptors (Lipinski definition) is 8. The van der Waals surface area contributed by atoms with Crippen molar-refractivity contribution >= 4 is 30.4 Å². The van der Waals surface area contributed by atoms with E-state index in [-0.39, 0.29) is 68.8 Å². The summed E-state index contributed by atoms with van der Waals surface area (Å²) in [5, 5.41) is 2.32. The highest BCUT2D eigenvalue weighted by molar-refractivity contribution is 6.99. The molecule has 0 radical (unpaired) electrons. The van der Waals surface area contributed by atoms with Gasteiger partial charge in [0.25, 0.3) is 8.32 Å². The third-order valence-electron chi connectivity index (χ3n) is 7.74. The Hall–Kier alpha value is -3.18. The first-order chi connectivity index (χ1) is 22.5. The predicted octanol–water partition coefficient (Wildman–Crippen LogP) is 5.85. The Balaban J connectivity index is 1.53. The zero-order valence-corrected chi connectivity index (χ0v) is 29.8. The van der Waals surface area contributed by atoms with Gasteiger partial charge in [0.2, 0.25) is 0 Å². The number of Topliss-reactive ketones (excluding diaryl/α,β-unsaturated/α-hetero) is 1. The van der Waals surface area contributed by atoms with E-state index < -0.39 is 14.3 Å². The van der Waals surface area contributed by atoms with E-state index in [0.717, 1.165) is 5.56 Å². The van der Waals surface area contributed by atoms with Crippen LogP contribution in [0.4, 0.5) is 0 Å². The summed E-state index contributed by atoms with van der Waals surface area (Å²) in [6.45, 7) is 12.9. The van der Waals surface area contributed by atoms with Crippen molar-refractivity contribution in [2.24, 2.45) is 0 Å². The molecule has 0 unspecified atom stereocenters. The molecule has 256 valence electrons. The first-order valence-corrected chi connectivity index (χ1v) is 18.3. The molecule has 3 atom stereocenters. The number of esters is 1. The van der Waals surface area contributed by atoms with Crippen molar-refractivity contribution in [3.8, 4) is 0 Å². The SMILES string of the molecule is CC(=O)CCC(=O)OC[C@@H](C)OCOC[C@@H](Cc1ccccc1)OCOC[C@@H](C)O[Si](c1ccccc1)(c1ccccc1)C(C)(C)C. The number of benzene rings is 3. The van der Waals surface area contributed by atoms with Crippen LogP contribution in [-0.4, -0.2) is 71.8 Å². The fourth-order valence-corrected chi connectivity index (χ4v) is 10.1. The molecule has 0 saturated carbocycles. The van der Waals surface area contributed by atoms with Crippen LogP contribution < -0.4 is 10.4 Å². The standard InChI is InChI=1S/C38H52O8Si/c1-30(39)22-23-37(40)43-26-31(2)44-28-42-27-34(24-33-16-10-7-11-17-33)45-29-41-25-32(3)46-47(38(4,5)6,35-18-12-8-13-19-35)36-20-14-9-15-21-36/h7-21,31-32,34H,22-29H2,1-6H3/t31-,32-,34-/m1/s1. The lowest BCUT2D eigenvalue weighted by Gasteiger charge is -2.44. The molecule has 0 fully saturated rings. The number of hydrogen-bond donors (Lipinski definition) is 0. The minimum atomic E-state index is -2.69. The Bertz CT molecular complexity index is 1270. The Morgan fingerprint density at radius 1 is 0.681 bits per heavy atom. The number of ketones is 1. The summed E-state index contributed by atoms with van der Waals surface area (Å²) in [6, 6.07) is 31.2. The maximum Gasteiger partial charge on any atom is 0.306 e. The lowest BCUT2D eigenvalue weighted by Crippen LogP contribution is -2.67. The maximum absolute atomic E-state index is 11.8. The second-order valence-corrected chi connectivity index (χ2v) is 17.2. The number of carbonyl (C=O) groups is 2. The molecular formula is C38H52O8Si. The second kappa shape index (κ2) is 19.6. The van der Waals surface area contributed by atoms with Gasteiger partial charge in [-0.15, -0.1) is 0 Å². The predicted molar refractivity (Wildman–Crippen MR) is 186 cm³/mol. The molecule has 0 heterocycles. The lowest BCUT2D eigenvalue weighted by atomic mass is 10.1. The molecule has 3 rings (SSSR count). The molecule has 0 spiro atoms. The van der Waals surface area contributed by atoms with Crippen LogP contribution in [0.3, 0.4) is 0 Å². The molecule has 0 N–H and O–H groups in total. The molecule has 9 heteroatoms. The molecule has 0 aromatic heterocycles. The monoisotopic (exact) mass is 664 g/mol. The minimum Gasteiger partial charge on any atom is -0.463 e. The minimum absolute atomic E-state index is 0.0189. The molecule has 8 nitrogen and oxygen atoms in total. The molecule has 0 saturated heterocycles. The van der Waals surface area contributed by atoms with E-state index in [2.05, 4.69) is 88.4 Å². The third-order valence-corrected chi connectivity index (χ3v) is 12.9. The molecule has 47 heavy (non-hydrogen) atoms. The van der Waals surface area contributed by atoms with E-state index in [4.69, 9.17) is 28.1 Å². The fraction of sp³-hybridized carbons (Fsp3) is 0.474. The van der Waals surface area contributed by atoms with Gasteiger partial charge >= 0.3 is 5.97 Å². The average molecular weight is 665 g/mol. The van der Waals surface area contributed by atoms with Crippen molar-refractivity contribution in [1.29, 1.82) is 0 Å². The topological polar surface area (TPSA) is 89.5 Å². The summed E-state index contributed by atoms with van der Waals surface area (Å²) in [4.78, 5) is 22.8. The summed E-state index contributed by atoms with van der Waals surface area (Å²) in [6.07, 6.45) is 0.0839. The van der Waals surface area contributed by atoms with Crippen LogP contribution in [-0.2, 0) is 44.1 Å². The smallest absolute Gasteiger partial charge is 0.306 e. The van der Waals surface area contributed by atoms with Gasteiger partial charge in [-0.3, -0.25) is 4.79 Å². The van der Waals surface area contributed by atoms with Gasteiger partial charge < -0.3 is 32.9 Å². The van der Waals surface area contributed by atoms with E-state index in [1.165, 1.54) is 17.3 Å². The average Bonchev–Trinajstić information content (AvgIpc) is 3.06. The van der Waals surface area contributed by atoms with Crippen LogP contribution in [0.25, 0.3) is 0 Å². The van der Waals surface area contributed by atoms with E-state index in [0.29, 0.717) is 13.0 Å². The highest BCUT2D eigenvalue weighted by atomic mass is 28.4. The summed E-state index contributed by atoms with van der Waals surface area (Å²) in [7, 11) is -2.69. The third kappa shape index (κ3) is 12.7. The van der Waals surface area contributed by atoms with Crippen molar-refractivity contribution in [2.45, 2.75) is 84.2 Å². The molecule has 0 aliphatic rings. The second-order valence-electron chi connectivity index (χ2n) is 12.9. The zero-order chi connectivity index (χ0) is 34.1. The molecule has 0 amide bonds. The van der Waals surface area contributed by atoms with Gasteiger partial charge in [-0.25, -0.2) is 0 Å². The molecule has 3 aromatic carbocycles. The van der Waals surface area contributed by atoms with Crippen LogP contribution in [0.1, 0.15) is 59.9 Å². The van der Waals surface area contributed by atoms with Gasteiger partial charge in [0.05, 0.1) is 37.9 Å². The van der Waals surface area contributed by atoms with Crippen LogP contribution in [0.15, 0.2) is 91.0 Å². The van der Waals surface area contributed by atoms with E-state index in [1.807, 2.05) is 30.3 Å². The normalized spacial score (nSPS) is 13.9. The van der Waals surface area contributed by atoms with Crippen LogP contribution in [0.2, 0.25) is 5.04 Å². The lowest BCUT2D eigenvalue weighted by molar-refractivity contribution is -0.160. The van der Waals surface area contributed by atoms with Gasteiger partial charge in [0.15, 0.2) is 0 Å². The quantitative estimate of drug-likeness (QED) is 0.0607. The van der Waals surface area contributed by atoms with E-state index >= 15 is 0 Å². The Morgan fingerprint density at radius 3 is 1.77 bits per heavy atom. The Morgan fingerprint density at radius 2 is 1.21 bits per heavy atom. The van der Waals surface area contributed by atoms with Gasteiger partial charge in [-0.1, -0.05) is 112 Å². The van der Waals surface area contributed by atoms with Crippen molar-refractivity contribution in [1.82, 2.24) is 0 Å².